The Labute approximate surface area is 260 Å². The molecular formula is C41H27N3O. The summed E-state index contributed by atoms with van der Waals surface area (Å²) in [5, 5.41) is 10.7. The van der Waals surface area contributed by atoms with Crippen LogP contribution in [0.2, 0.25) is 0 Å². The second kappa shape index (κ2) is 10.3. The highest BCUT2D eigenvalue weighted by Gasteiger charge is 2.25. The summed E-state index contributed by atoms with van der Waals surface area (Å²) in [6.45, 7) is 0. The van der Waals surface area contributed by atoms with E-state index in [1.807, 2.05) is 24.3 Å². The maximum Gasteiger partial charge on any atom is 0.160 e. The summed E-state index contributed by atoms with van der Waals surface area (Å²) in [7, 11) is 0. The molecule has 4 nitrogen and oxygen atoms in total. The summed E-state index contributed by atoms with van der Waals surface area (Å²) in [5.74, 6) is 1.49. The molecule has 0 bridgehead atoms. The van der Waals surface area contributed by atoms with Crippen LogP contribution in [0.15, 0.2) is 166 Å². The van der Waals surface area contributed by atoms with E-state index in [-0.39, 0.29) is 6.17 Å². The van der Waals surface area contributed by atoms with Crippen molar-refractivity contribution >= 4 is 55.2 Å². The molecule has 9 rings (SSSR count). The SMILES string of the molecule is c1ccc(C2N=C(c3ccccc3-c3cccc4oc5ccccc5c34)N=C(c3cc4ccccc4c4ccccc34)N2)cc1. The fourth-order valence-corrected chi connectivity index (χ4v) is 6.67. The summed E-state index contributed by atoms with van der Waals surface area (Å²) in [6, 6.07) is 52.7. The van der Waals surface area contributed by atoms with Crippen molar-refractivity contribution < 1.29 is 4.42 Å². The van der Waals surface area contributed by atoms with Crippen LogP contribution < -0.4 is 5.32 Å². The van der Waals surface area contributed by atoms with Gasteiger partial charge in [0.05, 0.1) is 0 Å². The largest absolute Gasteiger partial charge is 0.456 e. The number of benzene rings is 7. The molecule has 1 atom stereocenters. The number of furan rings is 1. The molecule has 1 aromatic heterocycles. The van der Waals surface area contributed by atoms with Gasteiger partial charge in [0.1, 0.15) is 23.2 Å². The first kappa shape index (κ1) is 25.5. The summed E-state index contributed by atoms with van der Waals surface area (Å²) in [4.78, 5) is 10.6. The van der Waals surface area contributed by atoms with Gasteiger partial charge in [0.2, 0.25) is 0 Å². The second-order valence-corrected chi connectivity index (χ2v) is 11.4. The van der Waals surface area contributed by atoms with Crippen molar-refractivity contribution in [3.05, 3.63) is 168 Å². The van der Waals surface area contributed by atoms with Gasteiger partial charge in [-0.25, -0.2) is 9.98 Å². The zero-order valence-electron chi connectivity index (χ0n) is 24.3. The maximum atomic E-state index is 6.26. The number of fused-ring (bicyclic) bond motifs is 6. The van der Waals surface area contributed by atoms with E-state index < -0.39 is 0 Å². The van der Waals surface area contributed by atoms with E-state index in [0.29, 0.717) is 5.84 Å². The van der Waals surface area contributed by atoms with E-state index in [1.54, 1.807) is 0 Å². The van der Waals surface area contributed by atoms with Crippen molar-refractivity contribution in [1.29, 1.82) is 0 Å². The standard InChI is InChI=1S/C41H27N3O/c1-2-13-26(14-3-1)39-42-40(44-41(43-39)35-25-27-15-4-5-16-28(27)29-17-6-7-18-30(29)35)33-20-9-8-19-31(33)32-22-12-24-37-38(32)34-21-10-11-23-36(34)45-37/h1-25,39H,(H,42,43,44). The first-order chi connectivity index (χ1) is 22.3. The van der Waals surface area contributed by atoms with Gasteiger partial charge in [-0.1, -0.05) is 133 Å². The van der Waals surface area contributed by atoms with E-state index in [4.69, 9.17) is 14.4 Å². The summed E-state index contributed by atoms with van der Waals surface area (Å²) in [6.07, 6.45) is -0.308. The molecule has 2 heterocycles. The molecule has 1 aliphatic heterocycles. The molecule has 8 aromatic rings. The number of nitrogens with one attached hydrogen (secondary N) is 1. The third kappa shape index (κ3) is 4.22. The molecular weight excluding hydrogens is 550 g/mol. The minimum atomic E-state index is -0.308. The number of hydrogen-bond acceptors (Lipinski definition) is 4. The van der Waals surface area contributed by atoms with Crippen LogP contribution in [0.1, 0.15) is 22.9 Å². The quantitative estimate of drug-likeness (QED) is 0.212. The number of hydrogen-bond donors (Lipinski definition) is 1. The summed E-state index contributed by atoms with van der Waals surface area (Å²) < 4.78 is 6.26. The molecule has 1 aliphatic rings. The Morgan fingerprint density at radius 1 is 0.489 bits per heavy atom. The number of aliphatic imine (C=N–C) groups is 2. The van der Waals surface area contributed by atoms with Crippen molar-refractivity contribution in [3.8, 4) is 11.1 Å². The predicted octanol–water partition coefficient (Wildman–Crippen LogP) is 10.1. The Morgan fingerprint density at radius 3 is 2.00 bits per heavy atom. The Balaban J connectivity index is 1.29. The van der Waals surface area contributed by atoms with Crippen molar-refractivity contribution in [1.82, 2.24) is 5.32 Å². The molecule has 1 unspecified atom stereocenters. The van der Waals surface area contributed by atoms with E-state index in [1.165, 1.54) is 16.2 Å². The molecule has 0 spiro atoms. The predicted molar refractivity (Wildman–Crippen MR) is 186 cm³/mol. The third-order valence-electron chi connectivity index (χ3n) is 8.74. The first-order valence-electron chi connectivity index (χ1n) is 15.2. The monoisotopic (exact) mass is 577 g/mol. The minimum Gasteiger partial charge on any atom is -0.456 e. The fraction of sp³-hybridized carbons (Fsp3) is 0.0244. The van der Waals surface area contributed by atoms with Gasteiger partial charge < -0.3 is 9.73 Å². The molecule has 7 aromatic carbocycles. The van der Waals surface area contributed by atoms with Gasteiger partial charge in [0, 0.05) is 21.9 Å². The lowest BCUT2D eigenvalue weighted by atomic mass is 9.94. The first-order valence-corrected chi connectivity index (χ1v) is 15.2. The van der Waals surface area contributed by atoms with Crippen LogP contribution in [-0.2, 0) is 0 Å². The number of rotatable bonds is 4. The molecule has 0 radical (unpaired) electrons. The van der Waals surface area contributed by atoms with Crippen LogP contribution in [0, 0.1) is 0 Å². The zero-order chi connectivity index (χ0) is 29.7. The third-order valence-corrected chi connectivity index (χ3v) is 8.74. The van der Waals surface area contributed by atoms with Gasteiger partial charge in [-0.05, 0) is 56.4 Å². The molecule has 45 heavy (non-hydrogen) atoms. The second-order valence-electron chi connectivity index (χ2n) is 11.4. The average Bonchev–Trinajstić information content (AvgIpc) is 3.50. The maximum absolute atomic E-state index is 6.26. The van der Waals surface area contributed by atoms with Crippen LogP contribution in [0.5, 0.6) is 0 Å². The molecule has 0 saturated carbocycles. The van der Waals surface area contributed by atoms with Gasteiger partial charge in [-0.3, -0.25) is 0 Å². The van der Waals surface area contributed by atoms with Gasteiger partial charge in [0.15, 0.2) is 5.84 Å². The highest BCUT2D eigenvalue weighted by Crippen LogP contribution is 2.39. The molecule has 4 heteroatoms. The van der Waals surface area contributed by atoms with E-state index >= 15 is 0 Å². The Morgan fingerprint density at radius 2 is 1.13 bits per heavy atom. The highest BCUT2D eigenvalue weighted by molar-refractivity contribution is 6.23. The van der Waals surface area contributed by atoms with Gasteiger partial charge in [-0.15, -0.1) is 0 Å². The van der Waals surface area contributed by atoms with E-state index in [2.05, 4.69) is 133 Å². The summed E-state index contributed by atoms with van der Waals surface area (Å²) in [5.41, 5.74) is 7.01. The van der Waals surface area contributed by atoms with Crippen LogP contribution in [0.25, 0.3) is 54.6 Å². The molecule has 0 aliphatic carbocycles. The normalized spacial score (nSPS) is 14.9. The van der Waals surface area contributed by atoms with Gasteiger partial charge in [0.25, 0.3) is 0 Å². The lowest BCUT2D eigenvalue weighted by Gasteiger charge is -2.25. The minimum absolute atomic E-state index is 0.308. The summed E-state index contributed by atoms with van der Waals surface area (Å²) >= 11 is 0. The van der Waals surface area contributed by atoms with Gasteiger partial charge in [-0.2, -0.15) is 0 Å². The fourth-order valence-electron chi connectivity index (χ4n) is 6.67. The zero-order valence-corrected chi connectivity index (χ0v) is 24.3. The van der Waals surface area contributed by atoms with Crippen molar-refractivity contribution in [2.24, 2.45) is 9.98 Å². The van der Waals surface area contributed by atoms with Crippen molar-refractivity contribution in [3.63, 3.8) is 0 Å². The number of nitrogens with zero attached hydrogens (tertiary/aromatic N) is 2. The molecule has 0 amide bonds. The average molecular weight is 578 g/mol. The van der Waals surface area contributed by atoms with Crippen molar-refractivity contribution in [2.75, 3.05) is 0 Å². The van der Waals surface area contributed by atoms with E-state index in [9.17, 15) is 0 Å². The Bertz CT molecular complexity index is 2470. The Kier molecular flexibility index (Phi) is 5.85. The smallest absolute Gasteiger partial charge is 0.160 e. The lowest BCUT2D eigenvalue weighted by Crippen LogP contribution is -2.33. The van der Waals surface area contributed by atoms with Crippen LogP contribution >= 0.6 is 0 Å². The van der Waals surface area contributed by atoms with E-state index in [0.717, 1.165) is 61.0 Å². The van der Waals surface area contributed by atoms with Crippen molar-refractivity contribution in [2.45, 2.75) is 6.17 Å². The lowest BCUT2D eigenvalue weighted by molar-refractivity contribution is 0.669. The molecule has 212 valence electrons. The number of para-hydroxylation sites is 1. The number of amidine groups is 2. The van der Waals surface area contributed by atoms with Gasteiger partial charge >= 0.3 is 0 Å². The Hall–Kier alpha value is -6.00. The van der Waals surface area contributed by atoms with Crippen LogP contribution in [0.4, 0.5) is 0 Å². The highest BCUT2D eigenvalue weighted by atomic mass is 16.3. The molecule has 0 saturated heterocycles. The van der Waals surface area contributed by atoms with Crippen LogP contribution in [-0.4, -0.2) is 11.7 Å². The topological polar surface area (TPSA) is 49.9 Å². The van der Waals surface area contributed by atoms with Crippen LogP contribution in [0.3, 0.4) is 0 Å². The molecule has 1 N–H and O–H groups in total. The molecule has 0 fully saturated rings.